The Labute approximate surface area is 494 Å². The van der Waals surface area contributed by atoms with E-state index >= 15 is 0 Å². The molecule has 40 nitrogen and oxygen atoms in total. The minimum Gasteiger partial charge on any atom is -1.00 e. The Balaban J connectivity index is -0.0000000694. The van der Waals surface area contributed by atoms with Crippen LogP contribution in [0.25, 0.3) is 0 Å². The number of aliphatic carboxylic acids is 8. The molecule has 0 aromatic heterocycles. The summed E-state index contributed by atoms with van der Waals surface area (Å²) in [7, 11) is -20.5. The van der Waals surface area contributed by atoms with E-state index in [4.69, 9.17) is 59.1 Å². The fourth-order valence-corrected chi connectivity index (χ4v) is 4.05. The van der Waals surface area contributed by atoms with E-state index < -0.39 is 190 Å². The van der Waals surface area contributed by atoms with Crippen LogP contribution in [0.4, 0.5) is 0 Å². The molecular formula is C24H36Na4O40S4. The second-order valence-electron chi connectivity index (χ2n) is 10.5. The average Bonchev–Trinajstić information content (AvgIpc) is 3.09. The van der Waals surface area contributed by atoms with E-state index in [9.17, 15) is 91.2 Å². The van der Waals surface area contributed by atoms with Crippen LogP contribution in [0.15, 0.2) is 0 Å². The Kier molecular flexibility index (Phi) is 50.5. The molecule has 0 bridgehead atoms. The summed E-state index contributed by atoms with van der Waals surface area (Å²) in [6.07, 6.45) is -11.9. The van der Waals surface area contributed by atoms with Gasteiger partial charge in [-0.05, 0) is 0 Å². The Morgan fingerprint density at radius 3 is 0.500 bits per heavy atom. The molecule has 400 valence electrons. The summed E-state index contributed by atoms with van der Waals surface area (Å²) in [6.45, 7) is -4.12. The van der Waals surface area contributed by atoms with Gasteiger partial charge in [0.05, 0.1) is 25.7 Å². The number of ether oxygens (including phenoxy) is 4. The molecule has 0 radical (unpaired) electrons. The smallest absolute Gasteiger partial charge is 1.00 e. The second kappa shape index (κ2) is 42.4. The molecule has 72 heavy (non-hydrogen) atoms. The predicted octanol–water partition coefficient (Wildman–Crippen LogP) is -18.4. The number of hydrogen-bond acceptors (Lipinski definition) is 28. The molecule has 0 spiro atoms. The number of hydrogen-bond donors (Lipinski definition) is 12. The van der Waals surface area contributed by atoms with Crippen LogP contribution >= 0.6 is 0 Å². The molecule has 0 rings (SSSR count). The molecule has 48 heteroatoms. The van der Waals surface area contributed by atoms with Crippen LogP contribution < -0.4 is 118 Å². The van der Waals surface area contributed by atoms with Crippen molar-refractivity contribution in [2.75, 3.05) is 26.4 Å². The Hall–Kier alpha value is -2.88. The quantitative estimate of drug-likeness (QED) is 0.0256. The third-order valence-electron chi connectivity index (χ3n) is 4.87. The molecule has 0 saturated heterocycles. The molecule has 0 amide bonds. The predicted molar refractivity (Wildman–Crippen MR) is 194 cm³/mol. The van der Waals surface area contributed by atoms with Gasteiger partial charge in [-0.2, -0.15) is 33.7 Å². The summed E-state index contributed by atoms with van der Waals surface area (Å²) in [4.78, 5) is 125. The minimum atomic E-state index is -5.11. The van der Waals surface area contributed by atoms with Crippen LogP contribution in [-0.4, -0.2) is 215 Å². The van der Waals surface area contributed by atoms with Crippen molar-refractivity contribution in [3.8, 4) is 0 Å². The summed E-state index contributed by atoms with van der Waals surface area (Å²) >= 11 is 0. The molecule has 0 saturated carbocycles. The van der Waals surface area contributed by atoms with Gasteiger partial charge in [-0.25, -0.2) is 38.4 Å². The van der Waals surface area contributed by atoms with Crippen LogP contribution in [0, 0.1) is 0 Å². The van der Waals surface area contributed by atoms with Crippen molar-refractivity contribution in [3.05, 3.63) is 0 Å². The minimum absolute atomic E-state index is 0. The first kappa shape index (κ1) is 85.9. The van der Waals surface area contributed by atoms with E-state index in [2.05, 4.69) is 35.7 Å². The SMILES string of the molecule is O=C(O)COC(CC(=O)O)C(=O)OS(=O)(=O)O.O=C(O)COC(CC(=O)O)C(=O)OS(=O)(=O)O.O=C(O)COC(CC(=O)O)C(=O)OS(=O)(=O)O.O=C(O)COC(CC(=O)O)C(=O)OS(=O)(=O)O.[H-].[H-].[H-].[H-].[Na+].[Na+].[Na+].[Na+]. The van der Waals surface area contributed by atoms with E-state index in [-0.39, 0.29) is 124 Å². The molecule has 0 aromatic carbocycles. The van der Waals surface area contributed by atoms with Crippen molar-refractivity contribution in [1.82, 2.24) is 0 Å². The zero-order chi connectivity index (χ0) is 54.6. The molecule has 0 aromatic rings. The monoisotopic (exact) mass is 1180 g/mol. The standard InChI is InChI=1S/4C6H8O10S.4Na.4H/c4*7-4(8)1-3(15-2-5(9)10)6(11)16-17(12,13)14;;;;;;;;/h4*3H,1-2H2,(H,7,8)(H,9,10)(H,12,13,14);;;;;;;;/q;;;;4*+1;4*-1. The van der Waals surface area contributed by atoms with Crippen molar-refractivity contribution < 1.29 is 310 Å². The number of rotatable bonds is 28. The maximum absolute atomic E-state index is 11.0. The van der Waals surface area contributed by atoms with Gasteiger partial charge in [0.2, 0.25) is 0 Å². The average molecular weight is 1180 g/mol. The van der Waals surface area contributed by atoms with Gasteiger partial charge in [0.25, 0.3) is 0 Å². The van der Waals surface area contributed by atoms with E-state index in [1.54, 1.807) is 0 Å². The van der Waals surface area contributed by atoms with Gasteiger partial charge in [0.15, 0.2) is 24.4 Å². The molecular weight excluding hydrogens is 1150 g/mol. The first-order valence-corrected chi connectivity index (χ1v) is 21.0. The van der Waals surface area contributed by atoms with Crippen LogP contribution in [0.1, 0.15) is 31.4 Å². The van der Waals surface area contributed by atoms with Gasteiger partial charge in [-0.3, -0.25) is 37.4 Å². The van der Waals surface area contributed by atoms with Crippen LogP contribution in [0.5, 0.6) is 0 Å². The zero-order valence-corrected chi connectivity index (χ0v) is 47.7. The van der Waals surface area contributed by atoms with E-state index in [0.717, 1.165) is 0 Å². The topological polar surface area (TPSA) is 658 Å². The number of carbonyl (C=O) groups is 12. The fourth-order valence-electron chi connectivity index (χ4n) is 2.79. The van der Waals surface area contributed by atoms with Crippen molar-refractivity contribution in [1.29, 1.82) is 0 Å². The maximum Gasteiger partial charge on any atom is 1.00 e. The molecule has 4 atom stereocenters. The Morgan fingerprint density at radius 2 is 0.417 bits per heavy atom. The first-order chi connectivity index (χ1) is 30.5. The number of carboxylic acid groups (broad SMARTS) is 8. The van der Waals surface area contributed by atoms with Crippen molar-refractivity contribution in [2.45, 2.75) is 50.1 Å². The van der Waals surface area contributed by atoms with E-state index in [1.165, 1.54) is 0 Å². The third-order valence-corrected chi connectivity index (χ3v) is 6.37. The molecule has 12 N–H and O–H groups in total. The number of carboxylic acids is 8. The summed E-state index contributed by atoms with van der Waals surface area (Å²) in [5, 5.41) is 66.3. The van der Waals surface area contributed by atoms with Gasteiger partial charge >= 0.3 is 231 Å². The summed E-state index contributed by atoms with van der Waals surface area (Å²) in [5.74, 6) is -19.1. The fraction of sp³-hybridized carbons (Fsp3) is 0.500. The van der Waals surface area contributed by atoms with Crippen LogP contribution in [0.3, 0.4) is 0 Å². The van der Waals surface area contributed by atoms with Gasteiger partial charge < -0.3 is 82.2 Å². The molecule has 0 aliphatic rings. The van der Waals surface area contributed by atoms with Gasteiger partial charge in [0.1, 0.15) is 26.4 Å². The van der Waals surface area contributed by atoms with E-state index in [1.807, 2.05) is 0 Å². The first-order valence-electron chi connectivity index (χ1n) is 15.5. The molecule has 0 aliphatic heterocycles. The Bertz CT molecular complexity index is 2000. The van der Waals surface area contributed by atoms with Crippen LogP contribution in [0.2, 0.25) is 0 Å². The molecule has 0 aliphatic carbocycles. The van der Waals surface area contributed by atoms with Gasteiger partial charge in [-0.15, -0.1) is 0 Å². The third kappa shape index (κ3) is 61.4. The molecule has 0 heterocycles. The second-order valence-corrected chi connectivity index (χ2v) is 14.6. The largest absolute Gasteiger partial charge is 1.00 e. The zero-order valence-electron chi connectivity index (χ0n) is 40.4. The summed E-state index contributed by atoms with van der Waals surface area (Å²) < 4.78 is 145. The van der Waals surface area contributed by atoms with Crippen molar-refractivity contribution >= 4 is 113 Å². The van der Waals surface area contributed by atoms with Gasteiger partial charge in [0, 0.05) is 0 Å². The Morgan fingerprint density at radius 1 is 0.292 bits per heavy atom. The van der Waals surface area contributed by atoms with E-state index in [0.29, 0.717) is 0 Å². The molecule has 0 fully saturated rings. The van der Waals surface area contributed by atoms with Crippen LogP contribution in [-0.2, 0) is 135 Å². The van der Waals surface area contributed by atoms with Crippen molar-refractivity contribution in [3.63, 3.8) is 0 Å². The normalized spacial score (nSPS) is 12.1. The summed E-state index contributed by atoms with van der Waals surface area (Å²) in [6, 6.07) is 0. The number of carbonyl (C=O) groups excluding carboxylic acids is 4. The maximum atomic E-state index is 11.0. The van der Waals surface area contributed by atoms with Crippen molar-refractivity contribution in [2.24, 2.45) is 0 Å². The summed E-state index contributed by atoms with van der Waals surface area (Å²) in [5.41, 5.74) is 0. The van der Waals surface area contributed by atoms with Gasteiger partial charge in [-0.1, -0.05) is 0 Å². The molecule has 4 unspecified atom stereocenters.